The summed E-state index contributed by atoms with van der Waals surface area (Å²) in [5, 5.41) is 11.0. The zero-order valence-corrected chi connectivity index (χ0v) is 28.8. The van der Waals surface area contributed by atoms with Crippen LogP contribution in [0.25, 0.3) is 32.2 Å². The Hall–Kier alpha value is -3.74. The summed E-state index contributed by atoms with van der Waals surface area (Å²) in [7, 11) is 3.82. The van der Waals surface area contributed by atoms with E-state index < -0.39 is 11.6 Å². The number of nitrogens with two attached hydrogens (primary N) is 1. The van der Waals surface area contributed by atoms with Crippen LogP contribution in [0.5, 0.6) is 6.01 Å². The largest absolute Gasteiger partial charge is 0.459 e. The Morgan fingerprint density at radius 2 is 1.92 bits per heavy atom. The third kappa shape index (κ3) is 5.38. The molecule has 3 aromatic heterocycles. The molecule has 4 aromatic rings. The van der Waals surface area contributed by atoms with Crippen molar-refractivity contribution in [1.29, 1.82) is 5.26 Å². The summed E-state index contributed by atoms with van der Waals surface area (Å²) in [6.07, 6.45) is 5.88. The van der Waals surface area contributed by atoms with Crippen LogP contribution in [0.15, 0.2) is 6.20 Å². The third-order valence-corrected chi connectivity index (χ3v) is 11.9. The van der Waals surface area contributed by atoms with Crippen molar-refractivity contribution in [2.45, 2.75) is 76.5 Å². The van der Waals surface area contributed by atoms with Crippen LogP contribution in [-0.2, 0) is 22.7 Å². The minimum atomic E-state index is -0.627. The molecule has 2 unspecified atom stereocenters. The van der Waals surface area contributed by atoms with Crippen molar-refractivity contribution in [3.8, 4) is 23.3 Å². The van der Waals surface area contributed by atoms with E-state index in [4.69, 9.17) is 29.9 Å². The number of ether oxygens (including phenoxy) is 3. The van der Waals surface area contributed by atoms with E-state index in [-0.39, 0.29) is 80.9 Å². The minimum Gasteiger partial charge on any atom is -0.459 e. The van der Waals surface area contributed by atoms with E-state index in [0.29, 0.717) is 16.8 Å². The van der Waals surface area contributed by atoms with Crippen molar-refractivity contribution in [3.05, 3.63) is 34.5 Å². The highest BCUT2D eigenvalue weighted by Crippen LogP contribution is 2.48. The van der Waals surface area contributed by atoms with Gasteiger partial charge in [-0.15, -0.1) is 11.3 Å². The number of thiophene rings is 1. The SMILES string of the molecule is COCCCN1CC2CCC(C1)N2c1nc(O[C@@H](C)[C@@H]2CCCN2C)nc2c(F)c(-c3ncc(F)c4sc(N)c(C#N)c34)c3c(c12)COC3. The van der Waals surface area contributed by atoms with Gasteiger partial charge in [-0.05, 0) is 63.7 Å². The van der Waals surface area contributed by atoms with Gasteiger partial charge in [-0.3, -0.25) is 14.8 Å². The van der Waals surface area contributed by atoms with Crippen molar-refractivity contribution >= 4 is 43.1 Å². The molecule has 258 valence electrons. The molecular weight excluding hydrogens is 651 g/mol. The quantitative estimate of drug-likeness (QED) is 0.233. The Kier molecular flexibility index (Phi) is 8.52. The third-order valence-electron chi connectivity index (χ3n) is 10.8. The number of fused-ring (bicyclic) bond motifs is 6. The van der Waals surface area contributed by atoms with Gasteiger partial charge in [0.1, 0.15) is 28.5 Å². The van der Waals surface area contributed by atoms with Gasteiger partial charge in [0, 0.05) is 62.4 Å². The monoisotopic (exact) mass is 690 g/mol. The van der Waals surface area contributed by atoms with Gasteiger partial charge < -0.3 is 24.8 Å². The van der Waals surface area contributed by atoms with Crippen LogP contribution >= 0.6 is 11.3 Å². The number of halogens is 2. The van der Waals surface area contributed by atoms with Gasteiger partial charge in [0.25, 0.3) is 0 Å². The molecule has 14 heteroatoms. The molecule has 0 spiro atoms. The Morgan fingerprint density at radius 1 is 1.14 bits per heavy atom. The molecule has 2 bridgehead atoms. The van der Waals surface area contributed by atoms with Crippen molar-refractivity contribution in [1.82, 2.24) is 24.8 Å². The van der Waals surface area contributed by atoms with Crippen molar-refractivity contribution in [2.75, 3.05) is 57.6 Å². The van der Waals surface area contributed by atoms with E-state index in [1.807, 2.05) is 6.92 Å². The number of nitrogens with zero attached hydrogens (tertiary/aromatic N) is 7. The van der Waals surface area contributed by atoms with Gasteiger partial charge in [-0.2, -0.15) is 15.2 Å². The van der Waals surface area contributed by atoms with Gasteiger partial charge in [-0.1, -0.05) is 0 Å². The highest BCUT2D eigenvalue weighted by Gasteiger charge is 2.43. The molecule has 3 saturated heterocycles. The lowest BCUT2D eigenvalue weighted by Gasteiger charge is -2.42. The molecule has 3 fully saturated rings. The number of likely N-dealkylation sites (tertiary alicyclic amines) is 2. The molecule has 4 aliphatic heterocycles. The summed E-state index contributed by atoms with van der Waals surface area (Å²) >= 11 is 0.957. The molecule has 1 aromatic carbocycles. The number of piperazine rings is 1. The maximum atomic E-state index is 17.5. The second-order valence-electron chi connectivity index (χ2n) is 13.7. The number of pyridine rings is 1. The number of aromatic nitrogens is 3. The number of hydrogen-bond acceptors (Lipinski definition) is 12. The lowest BCUT2D eigenvalue weighted by Crippen LogP contribution is -2.54. The minimum absolute atomic E-state index is 0.0796. The van der Waals surface area contributed by atoms with E-state index >= 15 is 8.78 Å². The zero-order chi connectivity index (χ0) is 34.0. The van der Waals surface area contributed by atoms with Crippen LogP contribution in [0, 0.1) is 23.0 Å². The first kappa shape index (κ1) is 32.5. The fraction of sp³-hybridized carbons (Fsp3) is 0.543. The molecular formula is C35H40F2N8O3S. The predicted octanol–water partition coefficient (Wildman–Crippen LogP) is 5.22. The number of likely N-dealkylation sites (N-methyl/N-ethyl adjacent to an activating group) is 1. The number of rotatable bonds is 9. The predicted molar refractivity (Wildman–Crippen MR) is 184 cm³/mol. The number of benzene rings is 1. The van der Waals surface area contributed by atoms with Crippen LogP contribution < -0.4 is 15.4 Å². The molecule has 4 aliphatic rings. The number of methoxy groups -OCH3 is 1. The Morgan fingerprint density at radius 3 is 2.63 bits per heavy atom. The van der Waals surface area contributed by atoms with E-state index in [9.17, 15) is 5.26 Å². The summed E-state index contributed by atoms with van der Waals surface area (Å²) in [4.78, 5) is 21.4. The molecule has 8 rings (SSSR count). The average molecular weight is 691 g/mol. The van der Waals surface area contributed by atoms with Crippen LogP contribution in [-0.4, -0.2) is 95.9 Å². The molecule has 11 nitrogen and oxygen atoms in total. The molecule has 4 atom stereocenters. The van der Waals surface area contributed by atoms with Crippen LogP contribution in [0.2, 0.25) is 0 Å². The highest BCUT2D eigenvalue weighted by atomic mass is 32.1. The van der Waals surface area contributed by atoms with Gasteiger partial charge in [-0.25, -0.2) is 8.78 Å². The lowest BCUT2D eigenvalue weighted by molar-refractivity contribution is 0.112. The van der Waals surface area contributed by atoms with E-state index in [2.05, 4.69) is 32.8 Å². The fourth-order valence-electron chi connectivity index (χ4n) is 8.59. The molecule has 0 saturated carbocycles. The average Bonchev–Trinajstić information content (AvgIpc) is 3.87. The van der Waals surface area contributed by atoms with E-state index in [1.54, 1.807) is 7.11 Å². The molecule has 2 N–H and O–H groups in total. The molecule has 49 heavy (non-hydrogen) atoms. The molecule has 7 heterocycles. The summed E-state index contributed by atoms with van der Waals surface area (Å²) in [6, 6.07) is 2.78. The summed E-state index contributed by atoms with van der Waals surface area (Å²) in [5.74, 6) is -0.579. The second-order valence-corrected chi connectivity index (χ2v) is 14.8. The first-order chi connectivity index (χ1) is 23.8. The van der Waals surface area contributed by atoms with Crippen LogP contribution in [0.1, 0.15) is 55.7 Å². The Balaban J connectivity index is 1.32. The topological polar surface area (TPSA) is 126 Å². The number of nitriles is 1. The van der Waals surface area contributed by atoms with Crippen molar-refractivity contribution in [2.24, 2.45) is 0 Å². The normalized spacial score (nSPS) is 23.1. The first-order valence-corrected chi connectivity index (χ1v) is 17.9. The number of anilines is 2. The van der Waals surface area contributed by atoms with Crippen LogP contribution in [0.3, 0.4) is 0 Å². The summed E-state index contributed by atoms with van der Waals surface area (Å²) in [6.45, 7) is 6.78. The van der Waals surface area contributed by atoms with Crippen molar-refractivity contribution in [3.63, 3.8) is 0 Å². The smallest absolute Gasteiger partial charge is 0.319 e. The maximum Gasteiger partial charge on any atom is 0.319 e. The van der Waals surface area contributed by atoms with E-state index in [1.165, 1.54) is 0 Å². The molecule has 0 amide bonds. The van der Waals surface area contributed by atoms with Gasteiger partial charge in [0.05, 0.1) is 40.8 Å². The summed E-state index contributed by atoms with van der Waals surface area (Å²) in [5.41, 5.74) is 8.01. The van der Waals surface area contributed by atoms with Gasteiger partial charge in [0.15, 0.2) is 11.6 Å². The number of nitrogen functional groups attached to an aromatic ring is 1. The standard InChI is InChI=1S/C35H40F2N8O3S/c1-18(25-6-4-9-43(25)2)48-35-41-31-28(34(42-35)45-19-7-8-20(45)15-44(14-19)10-5-11-46-3)23-17-47-16-22(23)26(29(31)37)30-27-21(12-38)33(39)49-32(27)24(36)13-40-30/h13,18-20,25H,4-11,14-17,39H2,1-3H3/t18-,19?,20?,25-/m0/s1. The second kappa shape index (κ2) is 12.9. The van der Waals surface area contributed by atoms with Crippen LogP contribution in [0.4, 0.5) is 19.6 Å². The van der Waals surface area contributed by atoms with Crippen molar-refractivity contribution < 1.29 is 23.0 Å². The fourth-order valence-corrected chi connectivity index (χ4v) is 9.51. The summed E-state index contributed by atoms with van der Waals surface area (Å²) < 4.78 is 50.5. The van der Waals surface area contributed by atoms with Gasteiger partial charge >= 0.3 is 6.01 Å². The Labute approximate surface area is 287 Å². The van der Waals surface area contributed by atoms with E-state index in [0.717, 1.165) is 88.0 Å². The maximum absolute atomic E-state index is 17.5. The first-order valence-electron chi connectivity index (χ1n) is 17.0. The zero-order valence-electron chi connectivity index (χ0n) is 28.0. The number of hydrogen-bond donors (Lipinski definition) is 1. The lowest BCUT2D eigenvalue weighted by atomic mass is 9.93. The molecule has 0 radical (unpaired) electrons. The highest BCUT2D eigenvalue weighted by molar-refractivity contribution is 7.23. The molecule has 0 aliphatic carbocycles. The van der Waals surface area contributed by atoms with Gasteiger partial charge in [0.2, 0.25) is 0 Å². The Bertz CT molecular complexity index is 1970.